The van der Waals surface area contributed by atoms with Gasteiger partial charge in [-0.05, 0) is 36.8 Å². The van der Waals surface area contributed by atoms with E-state index in [1.165, 1.54) is 0 Å². The molecule has 0 bridgehead atoms. The number of pyridine rings is 2. The summed E-state index contributed by atoms with van der Waals surface area (Å²) in [6.07, 6.45) is 1.74. The van der Waals surface area contributed by atoms with Crippen LogP contribution in [-0.4, -0.2) is 15.1 Å². The third kappa shape index (κ3) is 3.51. The molecule has 0 amide bonds. The highest BCUT2D eigenvalue weighted by molar-refractivity contribution is 9.10. The lowest BCUT2D eigenvalue weighted by Crippen LogP contribution is -2.14. The van der Waals surface area contributed by atoms with Crippen molar-refractivity contribution < 1.29 is 5.11 Å². The summed E-state index contributed by atoms with van der Waals surface area (Å²) >= 11 is 3.64. The number of aryl methyl sites for hydroxylation is 1. The molecule has 0 saturated heterocycles. The van der Waals surface area contributed by atoms with E-state index >= 15 is 0 Å². The fourth-order valence-electron chi connectivity index (χ4n) is 3.15. The van der Waals surface area contributed by atoms with Crippen molar-refractivity contribution in [2.24, 2.45) is 0 Å². The second-order valence-corrected chi connectivity index (χ2v) is 7.20. The molecule has 0 unspecified atom stereocenters. The normalized spacial score (nSPS) is 12.1. The van der Waals surface area contributed by atoms with Crippen LogP contribution in [0.2, 0.25) is 0 Å². The van der Waals surface area contributed by atoms with Gasteiger partial charge in [-0.2, -0.15) is 0 Å². The molecule has 134 valence electrons. The van der Waals surface area contributed by atoms with E-state index in [1.807, 2.05) is 73.7 Å². The second-order valence-electron chi connectivity index (χ2n) is 6.34. The zero-order chi connectivity index (χ0) is 18.8. The topological polar surface area (TPSA) is 58.0 Å². The van der Waals surface area contributed by atoms with Crippen molar-refractivity contribution in [3.05, 3.63) is 94.2 Å². The molecule has 4 rings (SSSR count). The SMILES string of the molecule is Cc1ccc2ccc([C@H](Nc3ccccn3)c3ccccc3Br)c(O)c2n1. The quantitative estimate of drug-likeness (QED) is 0.451. The number of aromatic nitrogens is 2. The lowest BCUT2D eigenvalue weighted by Gasteiger charge is -2.23. The molecule has 4 aromatic rings. The first-order valence-corrected chi connectivity index (χ1v) is 9.44. The third-order valence-electron chi connectivity index (χ3n) is 4.49. The molecule has 0 fully saturated rings. The van der Waals surface area contributed by atoms with Crippen LogP contribution in [0.3, 0.4) is 0 Å². The third-order valence-corrected chi connectivity index (χ3v) is 5.21. The number of benzene rings is 2. The van der Waals surface area contributed by atoms with Crippen molar-refractivity contribution >= 4 is 32.7 Å². The van der Waals surface area contributed by atoms with Crippen LogP contribution in [0.1, 0.15) is 22.9 Å². The van der Waals surface area contributed by atoms with Crippen molar-refractivity contribution in [3.63, 3.8) is 0 Å². The number of phenolic OH excluding ortho intramolecular Hbond substituents is 1. The number of hydrogen-bond donors (Lipinski definition) is 2. The zero-order valence-electron chi connectivity index (χ0n) is 14.7. The molecular formula is C22H18BrN3O. The monoisotopic (exact) mass is 419 g/mol. The summed E-state index contributed by atoms with van der Waals surface area (Å²) in [6, 6.07) is 21.2. The van der Waals surface area contributed by atoms with Gasteiger partial charge in [-0.15, -0.1) is 0 Å². The summed E-state index contributed by atoms with van der Waals surface area (Å²) in [4.78, 5) is 8.92. The molecular weight excluding hydrogens is 402 g/mol. The lowest BCUT2D eigenvalue weighted by molar-refractivity contribution is 0.471. The number of aromatic hydroxyl groups is 1. The molecule has 5 heteroatoms. The van der Waals surface area contributed by atoms with Crippen molar-refractivity contribution in [1.29, 1.82) is 0 Å². The Hall–Kier alpha value is -2.92. The van der Waals surface area contributed by atoms with Crippen molar-refractivity contribution in [2.75, 3.05) is 5.32 Å². The first-order valence-electron chi connectivity index (χ1n) is 8.65. The minimum atomic E-state index is -0.290. The van der Waals surface area contributed by atoms with E-state index in [1.54, 1.807) is 6.20 Å². The molecule has 4 nitrogen and oxygen atoms in total. The molecule has 2 aromatic heterocycles. The standard InChI is InChI=1S/C22H18BrN3O/c1-14-9-10-15-11-12-17(22(27)20(15)25-14)21(16-6-2-3-7-18(16)23)26-19-8-4-5-13-24-19/h2-13,21,27H,1H3,(H,24,26)/t21-/m1/s1. The molecule has 0 radical (unpaired) electrons. The number of halogens is 1. The van der Waals surface area contributed by atoms with E-state index in [4.69, 9.17) is 0 Å². The molecule has 1 atom stereocenters. The molecule has 2 N–H and O–H groups in total. The highest BCUT2D eigenvalue weighted by Gasteiger charge is 2.22. The average molecular weight is 420 g/mol. The van der Waals surface area contributed by atoms with Gasteiger partial charge in [0.25, 0.3) is 0 Å². The van der Waals surface area contributed by atoms with E-state index in [-0.39, 0.29) is 11.8 Å². The van der Waals surface area contributed by atoms with Gasteiger partial charge in [0.05, 0.1) is 6.04 Å². The van der Waals surface area contributed by atoms with E-state index < -0.39 is 0 Å². The van der Waals surface area contributed by atoms with E-state index in [0.717, 1.165) is 32.5 Å². The van der Waals surface area contributed by atoms with Crippen molar-refractivity contribution in [2.45, 2.75) is 13.0 Å². The Morgan fingerprint density at radius 1 is 0.926 bits per heavy atom. The largest absolute Gasteiger partial charge is 0.505 e. The Bertz CT molecular complexity index is 1100. The van der Waals surface area contributed by atoms with Crippen LogP contribution >= 0.6 is 15.9 Å². The van der Waals surface area contributed by atoms with Crippen LogP contribution in [0.5, 0.6) is 5.75 Å². The molecule has 0 saturated carbocycles. The summed E-state index contributed by atoms with van der Waals surface area (Å²) in [5.74, 6) is 0.912. The molecule has 0 aliphatic rings. The zero-order valence-corrected chi connectivity index (χ0v) is 16.3. The fraction of sp³-hybridized carbons (Fsp3) is 0.0909. The molecule has 2 aromatic carbocycles. The number of nitrogens with one attached hydrogen (secondary N) is 1. The predicted molar refractivity (Wildman–Crippen MR) is 112 cm³/mol. The summed E-state index contributed by atoms with van der Waals surface area (Å²) in [5.41, 5.74) is 3.22. The Morgan fingerprint density at radius 3 is 2.48 bits per heavy atom. The van der Waals surface area contributed by atoms with Crippen molar-refractivity contribution in [1.82, 2.24) is 9.97 Å². The fourth-order valence-corrected chi connectivity index (χ4v) is 3.66. The minimum absolute atomic E-state index is 0.181. The van der Waals surface area contributed by atoms with Crippen LogP contribution in [0.15, 0.2) is 77.4 Å². The van der Waals surface area contributed by atoms with E-state index in [0.29, 0.717) is 5.52 Å². The summed E-state index contributed by atoms with van der Waals surface area (Å²) < 4.78 is 0.954. The van der Waals surface area contributed by atoms with Gasteiger partial charge < -0.3 is 10.4 Å². The predicted octanol–water partition coefficient (Wildman–Crippen LogP) is 5.61. The maximum Gasteiger partial charge on any atom is 0.147 e. The van der Waals surface area contributed by atoms with Gasteiger partial charge in [0.1, 0.15) is 17.1 Å². The van der Waals surface area contributed by atoms with Crippen LogP contribution in [-0.2, 0) is 0 Å². The Labute approximate surface area is 166 Å². The van der Waals surface area contributed by atoms with Gasteiger partial charge in [0.2, 0.25) is 0 Å². The Morgan fingerprint density at radius 2 is 1.70 bits per heavy atom. The van der Waals surface area contributed by atoms with Crippen LogP contribution in [0.4, 0.5) is 5.82 Å². The van der Waals surface area contributed by atoms with E-state index in [9.17, 15) is 5.11 Å². The Balaban J connectivity index is 1.89. The minimum Gasteiger partial charge on any atom is -0.505 e. The van der Waals surface area contributed by atoms with Gasteiger partial charge in [-0.3, -0.25) is 0 Å². The number of nitrogens with zero attached hydrogens (tertiary/aromatic N) is 2. The molecule has 27 heavy (non-hydrogen) atoms. The first kappa shape index (κ1) is 17.5. The number of fused-ring (bicyclic) bond motifs is 1. The molecule has 0 spiro atoms. The van der Waals surface area contributed by atoms with Gasteiger partial charge in [-0.25, -0.2) is 9.97 Å². The summed E-state index contributed by atoms with van der Waals surface area (Å²) in [7, 11) is 0. The number of rotatable bonds is 4. The van der Waals surface area contributed by atoms with Crippen LogP contribution in [0.25, 0.3) is 10.9 Å². The number of anilines is 1. The maximum absolute atomic E-state index is 11.0. The van der Waals surface area contributed by atoms with E-state index in [2.05, 4.69) is 31.2 Å². The molecule has 2 heterocycles. The average Bonchev–Trinajstić information content (AvgIpc) is 2.69. The van der Waals surface area contributed by atoms with Gasteiger partial charge in [-0.1, -0.05) is 58.4 Å². The molecule has 0 aliphatic heterocycles. The smallest absolute Gasteiger partial charge is 0.147 e. The molecule has 0 aliphatic carbocycles. The summed E-state index contributed by atoms with van der Waals surface area (Å²) in [5, 5.41) is 15.4. The van der Waals surface area contributed by atoms with Gasteiger partial charge in [0, 0.05) is 27.3 Å². The van der Waals surface area contributed by atoms with Gasteiger partial charge in [0.15, 0.2) is 0 Å². The summed E-state index contributed by atoms with van der Waals surface area (Å²) in [6.45, 7) is 1.92. The second kappa shape index (κ2) is 7.37. The van der Waals surface area contributed by atoms with Crippen LogP contribution in [0, 0.1) is 6.92 Å². The highest BCUT2D eigenvalue weighted by atomic mass is 79.9. The maximum atomic E-state index is 11.0. The van der Waals surface area contributed by atoms with Crippen molar-refractivity contribution in [3.8, 4) is 5.75 Å². The Kier molecular flexibility index (Phi) is 4.77. The first-order chi connectivity index (χ1) is 13.1. The van der Waals surface area contributed by atoms with Crippen LogP contribution < -0.4 is 5.32 Å². The highest BCUT2D eigenvalue weighted by Crippen LogP contribution is 2.38. The number of hydrogen-bond acceptors (Lipinski definition) is 4. The van der Waals surface area contributed by atoms with Gasteiger partial charge >= 0.3 is 0 Å². The number of phenols is 1. The lowest BCUT2D eigenvalue weighted by atomic mass is 9.96.